The molecule has 0 bridgehead atoms. The van der Waals surface area contributed by atoms with E-state index in [9.17, 15) is 0 Å². The van der Waals surface area contributed by atoms with Gasteiger partial charge in [0.1, 0.15) is 11.3 Å². The maximum Gasteiger partial charge on any atom is 0.137 e. The van der Waals surface area contributed by atoms with Crippen molar-refractivity contribution >= 4 is 22.6 Å². The molecule has 86 valence electrons. The molecule has 1 aromatic carbocycles. The highest BCUT2D eigenvalue weighted by atomic mass is 35.5. The zero-order valence-electron chi connectivity index (χ0n) is 9.59. The summed E-state index contributed by atoms with van der Waals surface area (Å²) in [6.45, 7) is 4.11. The molecule has 1 aromatic heterocycles. The number of benzene rings is 1. The number of aryl methyl sites for hydroxylation is 1. The molecular formula is C13H16ClNO. The first-order valence-electron chi connectivity index (χ1n) is 5.57. The summed E-state index contributed by atoms with van der Waals surface area (Å²) < 4.78 is 5.78. The molecule has 0 aliphatic carbocycles. The Morgan fingerprint density at radius 1 is 1.38 bits per heavy atom. The molecule has 0 radical (unpaired) electrons. The molecule has 0 amide bonds. The molecule has 0 fully saturated rings. The van der Waals surface area contributed by atoms with Gasteiger partial charge in [-0.1, -0.05) is 24.9 Å². The summed E-state index contributed by atoms with van der Waals surface area (Å²) in [5, 5.41) is 1.77. The molecule has 1 heterocycles. The van der Waals surface area contributed by atoms with Crippen molar-refractivity contribution in [1.29, 1.82) is 0 Å². The normalized spacial score (nSPS) is 13.2. The van der Waals surface area contributed by atoms with E-state index in [-0.39, 0.29) is 6.04 Å². The molecule has 0 saturated heterocycles. The summed E-state index contributed by atoms with van der Waals surface area (Å²) in [5.74, 6) is 0.849. The molecule has 0 spiro atoms. The van der Waals surface area contributed by atoms with Gasteiger partial charge < -0.3 is 10.2 Å². The number of rotatable bonds is 3. The van der Waals surface area contributed by atoms with Crippen LogP contribution in [-0.2, 0) is 0 Å². The van der Waals surface area contributed by atoms with Crippen LogP contribution in [0.3, 0.4) is 0 Å². The van der Waals surface area contributed by atoms with Crippen LogP contribution in [-0.4, -0.2) is 0 Å². The monoisotopic (exact) mass is 237 g/mol. The Morgan fingerprint density at radius 3 is 2.81 bits per heavy atom. The van der Waals surface area contributed by atoms with Crippen LogP contribution in [0, 0.1) is 6.92 Å². The predicted octanol–water partition coefficient (Wildman–Crippen LogP) is 4.19. The third-order valence-electron chi connectivity index (χ3n) is 2.75. The highest BCUT2D eigenvalue weighted by Gasteiger charge is 2.12. The van der Waals surface area contributed by atoms with E-state index in [0.717, 1.165) is 40.2 Å². The summed E-state index contributed by atoms with van der Waals surface area (Å²) in [6, 6.07) is 5.79. The minimum Gasteiger partial charge on any atom is -0.459 e. The van der Waals surface area contributed by atoms with Crippen LogP contribution in [0.2, 0.25) is 5.02 Å². The standard InChI is InChI=1S/C13H16ClNO/c1-3-4-11(15)12-7-9-6-10(14)5-8(2)13(9)16-12/h5-7,11H,3-4,15H2,1-2H3. The Bertz CT molecular complexity index is 504. The van der Waals surface area contributed by atoms with Crippen LogP contribution in [0.25, 0.3) is 11.0 Å². The SMILES string of the molecule is CCCC(N)c1cc2cc(Cl)cc(C)c2o1. The molecule has 2 N–H and O–H groups in total. The van der Waals surface area contributed by atoms with Gasteiger partial charge in [-0.3, -0.25) is 0 Å². The quantitative estimate of drug-likeness (QED) is 0.869. The molecule has 1 atom stereocenters. The summed E-state index contributed by atoms with van der Waals surface area (Å²) >= 11 is 6.00. The molecule has 2 rings (SSSR count). The number of fused-ring (bicyclic) bond motifs is 1. The maximum atomic E-state index is 6.03. The summed E-state index contributed by atoms with van der Waals surface area (Å²) in [7, 11) is 0. The van der Waals surface area contributed by atoms with Gasteiger partial charge in [-0.2, -0.15) is 0 Å². The summed E-state index contributed by atoms with van der Waals surface area (Å²) in [6.07, 6.45) is 1.99. The first kappa shape index (κ1) is 11.5. The van der Waals surface area contributed by atoms with Crippen molar-refractivity contribution in [3.05, 3.63) is 34.5 Å². The van der Waals surface area contributed by atoms with Crippen LogP contribution in [0.15, 0.2) is 22.6 Å². The number of hydrogen-bond acceptors (Lipinski definition) is 2. The molecule has 16 heavy (non-hydrogen) atoms. The highest BCUT2D eigenvalue weighted by molar-refractivity contribution is 6.31. The van der Waals surface area contributed by atoms with Gasteiger partial charge in [0, 0.05) is 10.4 Å². The second-order valence-electron chi connectivity index (χ2n) is 4.18. The third-order valence-corrected chi connectivity index (χ3v) is 2.97. The van der Waals surface area contributed by atoms with Crippen molar-refractivity contribution in [2.75, 3.05) is 0 Å². The predicted molar refractivity (Wildman–Crippen MR) is 67.8 cm³/mol. The minimum absolute atomic E-state index is 0.0180. The molecule has 2 nitrogen and oxygen atoms in total. The Morgan fingerprint density at radius 2 is 2.12 bits per heavy atom. The lowest BCUT2D eigenvalue weighted by Crippen LogP contribution is -2.08. The van der Waals surface area contributed by atoms with Crippen molar-refractivity contribution in [3.8, 4) is 0 Å². The van der Waals surface area contributed by atoms with Crippen LogP contribution in [0.1, 0.15) is 37.1 Å². The average Bonchev–Trinajstić information content (AvgIpc) is 2.62. The second-order valence-corrected chi connectivity index (χ2v) is 4.62. The zero-order chi connectivity index (χ0) is 11.7. The van der Waals surface area contributed by atoms with E-state index in [1.807, 2.05) is 25.1 Å². The van der Waals surface area contributed by atoms with E-state index < -0.39 is 0 Å². The fourth-order valence-electron chi connectivity index (χ4n) is 1.94. The Balaban J connectivity index is 2.47. The van der Waals surface area contributed by atoms with Gasteiger partial charge >= 0.3 is 0 Å². The first-order valence-corrected chi connectivity index (χ1v) is 5.94. The Labute approximate surface area is 100 Å². The smallest absolute Gasteiger partial charge is 0.137 e. The van der Waals surface area contributed by atoms with Crippen LogP contribution < -0.4 is 5.73 Å². The lowest BCUT2D eigenvalue weighted by molar-refractivity contribution is 0.474. The van der Waals surface area contributed by atoms with E-state index >= 15 is 0 Å². The van der Waals surface area contributed by atoms with Crippen molar-refractivity contribution in [1.82, 2.24) is 0 Å². The minimum atomic E-state index is -0.0180. The van der Waals surface area contributed by atoms with Crippen LogP contribution in [0.5, 0.6) is 0 Å². The lowest BCUT2D eigenvalue weighted by Gasteiger charge is -2.05. The summed E-state index contributed by atoms with van der Waals surface area (Å²) in [5.41, 5.74) is 7.98. The number of nitrogens with two attached hydrogens (primary N) is 1. The number of hydrogen-bond donors (Lipinski definition) is 1. The van der Waals surface area contributed by atoms with E-state index in [2.05, 4.69) is 6.92 Å². The summed E-state index contributed by atoms with van der Waals surface area (Å²) in [4.78, 5) is 0. The van der Waals surface area contributed by atoms with Gasteiger partial charge in [-0.05, 0) is 37.1 Å². The molecule has 0 aliphatic heterocycles. The lowest BCUT2D eigenvalue weighted by atomic mass is 10.1. The molecular weight excluding hydrogens is 222 g/mol. The Hall–Kier alpha value is -0.990. The average molecular weight is 238 g/mol. The number of halogens is 1. The van der Waals surface area contributed by atoms with Gasteiger partial charge in [-0.25, -0.2) is 0 Å². The topological polar surface area (TPSA) is 39.2 Å². The van der Waals surface area contributed by atoms with E-state index in [1.54, 1.807) is 0 Å². The van der Waals surface area contributed by atoms with E-state index in [1.165, 1.54) is 0 Å². The van der Waals surface area contributed by atoms with Crippen LogP contribution in [0.4, 0.5) is 0 Å². The Kier molecular flexibility index (Phi) is 3.22. The van der Waals surface area contributed by atoms with Crippen molar-refractivity contribution in [3.63, 3.8) is 0 Å². The van der Waals surface area contributed by atoms with Gasteiger partial charge in [0.15, 0.2) is 0 Å². The van der Waals surface area contributed by atoms with Gasteiger partial charge in [0.2, 0.25) is 0 Å². The van der Waals surface area contributed by atoms with Gasteiger partial charge in [-0.15, -0.1) is 0 Å². The zero-order valence-corrected chi connectivity index (χ0v) is 10.3. The highest BCUT2D eigenvalue weighted by Crippen LogP contribution is 2.29. The molecule has 1 unspecified atom stereocenters. The second kappa shape index (κ2) is 4.48. The molecule has 0 aliphatic rings. The van der Waals surface area contributed by atoms with Crippen LogP contribution >= 0.6 is 11.6 Å². The molecule has 0 saturated carbocycles. The fourth-order valence-corrected chi connectivity index (χ4v) is 2.22. The van der Waals surface area contributed by atoms with E-state index in [4.69, 9.17) is 21.8 Å². The largest absolute Gasteiger partial charge is 0.459 e. The maximum absolute atomic E-state index is 6.03. The van der Waals surface area contributed by atoms with Crippen molar-refractivity contribution in [2.24, 2.45) is 5.73 Å². The van der Waals surface area contributed by atoms with E-state index in [0.29, 0.717) is 0 Å². The first-order chi connectivity index (χ1) is 7.61. The van der Waals surface area contributed by atoms with Crippen molar-refractivity contribution < 1.29 is 4.42 Å². The fraction of sp³-hybridized carbons (Fsp3) is 0.385. The van der Waals surface area contributed by atoms with Gasteiger partial charge in [0.25, 0.3) is 0 Å². The van der Waals surface area contributed by atoms with Crippen molar-refractivity contribution in [2.45, 2.75) is 32.7 Å². The number of furan rings is 1. The van der Waals surface area contributed by atoms with Gasteiger partial charge in [0.05, 0.1) is 6.04 Å². The molecule has 3 heteroatoms. The third kappa shape index (κ3) is 2.08. The molecule has 2 aromatic rings.